The maximum atomic E-state index is 11.9. The summed E-state index contributed by atoms with van der Waals surface area (Å²) in [4.78, 5) is 20.3. The van der Waals surface area contributed by atoms with Crippen LogP contribution in [0.1, 0.15) is 91.4 Å². The maximum Gasteiger partial charge on any atom is 0.222 e. The van der Waals surface area contributed by atoms with E-state index in [0.29, 0.717) is 23.8 Å². The quantitative estimate of drug-likeness (QED) is 0.577. The van der Waals surface area contributed by atoms with E-state index >= 15 is 0 Å². The minimum Gasteiger partial charge on any atom is -0.343 e. The number of likely N-dealkylation sites (tertiary alicyclic amines) is 1. The molecule has 1 aliphatic heterocycles. The molecule has 0 N–H and O–H groups in total. The predicted octanol–water partition coefficient (Wildman–Crippen LogP) is 5.27. The Kier molecular flexibility index (Phi) is 7.83. The van der Waals surface area contributed by atoms with E-state index in [1.54, 1.807) is 0 Å². The minimum atomic E-state index is 0.338. The molecule has 0 unspecified atom stereocenters. The molecule has 0 radical (unpaired) electrons. The fourth-order valence-corrected chi connectivity index (χ4v) is 5.95. The van der Waals surface area contributed by atoms with Gasteiger partial charge >= 0.3 is 0 Å². The molecule has 3 fully saturated rings. The molecule has 0 atom stereocenters. The van der Waals surface area contributed by atoms with Gasteiger partial charge in [-0.25, -0.2) is 0 Å². The molecule has 2 aliphatic carbocycles. The summed E-state index contributed by atoms with van der Waals surface area (Å²) in [7, 11) is 2.15. The van der Waals surface area contributed by atoms with Crippen LogP contribution in [0.15, 0.2) is 0 Å². The number of carbonyl (C=O) groups is 1. The zero-order valence-electron chi connectivity index (χ0n) is 18.9. The molecule has 0 aromatic carbocycles. The zero-order valence-corrected chi connectivity index (χ0v) is 18.9. The van der Waals surface area contributed by atoms with E-state index in [2.05, 4.69) is 30.9 Å². The zero-order chi connectivity index (χ0) is 20.1. The molecular formula is C24H44N2O2. The van der Waals surface area contributed by atoms with Crippen LogP contribution in [0.5, 0.6) is 0 Å². The van der Waals surface area contributed by atoms with Crippen molar-refractivity contribution in [1.29, 1.82) is 0 Å². The van der Waals surface area contributed by atoms with Gasteiger partial charge in [0.2, 0.25) is 5.91 Å². The van der Waals surface area contributed by atoms with E-state index < -0.39 is 0 Å². The van der Waals surface area contributed by atoms with Crippen molar-refractivity contribution in [2.75, 3.05) is 26.7 Å². The highest BCUT2D eigenvalue weighted by Crippen LogP contribution is 2.46. The summed E-state index contributed by atoms with van der Waals surface area (Å²) in [6.45, 7) is 9.75. The Morgan fingerprint density at radius 3 is 2.18 bits per heavy atom. The lowest BCUT2D eigenvalue weighted by atomic mass is 9.65. The Morgan fingerprint density at radius 2 is 1.64 bits per heavy atom. The first kappa shape index (κ1) is 22.1. The van der Waals surface area contributed by atoms with Crippen molar-refractivity contribution in [3.8, 4) is 0 Å². The van der Waals surface area contributed by atoms with Gasteiger partial charge in [0.1, 0.15) is 0 Å². The highest BCUT2D eigenvalue weighted by atomic mass is 16.7. The van der Waals surface area contributed by atoms with Crippen molar-refractivity contribution in [3.63, 3.8) is 0 Å². The van der Waals surface area contributed by atoms with Crippen LogP contribution in [-0.2, 0) is 9.63 Å². The van der Waals surface area contributed by atoms with Crippen molar-refractivity contribution in [2.24, 2.45) is 23.2 Å². The number of hydroxylamine groups is 2. The van der Waals surface area contributed by atoms with E-state index in [4.69, 9.17) is 4.84 Å². The molecule has 4 heteroatoms. The number of nitrogens with zero attached hydrogens (tertiary/aromatic N) is 2. The third-order valence-electron chi connectivity index (χ3n) is 8.15. The van der Waals surface area contributed by atoms with E-state index in [-0.39, 0.29) is 0 Å². The van der Waals surface area contributed by atoms with Crippen LogP contribution in [0, 0.1) is 23.2 Å². The van der Waals surface area contributed by atoms with Gasteiger partial charge in [-0.2, -0.15) is 5.06 Å². The molecule has 28 heavy (non-hydrogen) atoms. The third kappa shape index (κ3) is 5.72. The van der Waals surface area contributed by atoms with Gasteiger partial charge in [0.15, 0.2) is 0 Å². The second-order valence-corrected chi connectivity index (χ2v) is 10.4. The van der Waals surface area contributed by atoms with Gasteiger partial charge in [-0.1, -0.05) is 20.8 Å². The summed E-state index contributed by atoms with van der Waals surface area (Å²) < 4.78 is 0. The molecule has 1 heterocycles. The Hall–Kier alpha value is -0.610. The largest absolute Gasteiger partial charge is 0.343 e. The van der Waals surface area contributed by atoms with E-state index in [1.807, 2.05) is 6.92 Å². The highest BCUT2D eigenvalue weighted by molar-refractivity contribution is 5.75. The number of hydrogen-bond acceptors (Lipinski definition) is 3. The standard InChI is InChI=1S/C24H44N2O2/c1-5-23(27)26-16-14-24(15-17-26)12-10-20(11-13-24)18-25(4)28-22-8-6-21(7-9-22)19(2)3/h19-22H,5-18H2,1-4H3. The van der Waals surface area contributed by atoms with Crippen LogP contribution in [0.3, 0.4) is 0 Å². The second kappa shape index (κ2) is 9.93. The fourth-order valence-electron chi connectivity index (χ4n) is 5.95. The molecule has 0 aromatic rings. The van der Waals surface area contributed by atoms with Crippen LogP contribution in [0.4, 0.5) is 0 Å². The van der Waals surface area contributed by atoms with Gasteiger partial charge in [-0.3, -0.25) is 9.63 Å². The maximum absolute atomic E-state index is 11.9. The Bertz CT molecular complexity index is 481. The van der Waals surface area contributed by atoms with Gasteiger partial charge in [0.25, 0.3) is 0 Å². The van der Waals surface area contributed by atoms with Crippen molar-refractivity contribution >= 4 is 5.91 Å². The molecule has 0 bridgehead atoms. The van der Waals surface area contributed by atoms with Crippen molar-refractivity contribution in [1.82, 2.24) is 9.96 Å². The number of hydrogen-bond donors (Lipinski definition) is 0. The summed E-state index contributed by atoms with van der Waals surface area (Å²) in [5.74, 6) is 2.83. The Balaban J connectivity index is 1.35. The summed E-state index contributed by atoms with van der Waals surface area (Å²) in [5, 5.41) is 2.16. The van der Waals surface area contributed by atoms with Crippen LogP contribution in [-0.4, -0.2) is 48.7 Å². The normalized spacial score (nSPS) is 29.0. The van der Waals surface area contributed by atoms with Crippen LogP contribution in [0.2, 0.25) is 0 Å². The monoisotopic (exact) mass is 392 g/mol. The van der Waals surface area contributed by atoms with Gasteiger partial charge < -0.3 is 4.90 Å². The highest BCUT2D eigenvalue weighted by Gasteiger charge is 2.39. The lowest BCUT2D eigenvalue weighted by molar-refractivity contribution is -0.200. The Morgan fingerprint density at radius 1 is 1.04 bits per heavy atom. The van der Waals surface area contributed by atoms with Crippen molar-refractivity contribution in [3.05, 3.63) is 0 Å². The molecule has 162 valence electrons. The summed E-state index contributed by atoms with van der Waals surface area (Å²) in [6, 6.07) is 0. The average Bonchev–Trinajstić information content (AvgIpc) is 2.70. The first-order valence-corrected chi connectivity index (χ1v) is 12.1. The number of carbonyl (C=O) groups excluding carboxylic acids is 1. The summed E-state index contributed by atoms with van der Waals surface area (Å²) in [6.07, 6.45) is 14.0. The number of rotatable bonds is 6. The molecule has 3 rings (SSSR count). The van der Waals surface area contributed by atoms with Crippen molar-refractivity contribution < 1.29 is 9.63 Å². The van der Waals surface area contributed by atoms with Crippen LogP contribution < -0.4 is 0 Å². The Labute approximate surface area is 173 Å². The molecule has 1 saturated heterocycles. The van der Waals surface area contributed by atoms with Gasteiger partial charge in [-0.05, 0) is 87.4 Å². The lowest BCUT2D eigenvalue weighted by Gasteiger charge is -2.46. The van der Waals surface area contributed by atoms with Gasteiger partial charge in [0, 0.05) is 33.1 Å². The second-order valence-electron chi connectivity index (χ2n) is 10.4. The summed E-state index contributed by atoms with van der Waals surface area (Å²) >= 11 is 0. The van der Waals surface area contributed by atoms with Crippen LogP contribution in [0.25, 0.3) is 0 Å². The van der Waals surface area contributed by atoms with Gasteiger partial charge in [-0.15, -0.1) is 0 Å². The van der Waals surface area contributed by atoms with E-state index in [9.17, 15) is 4.79 Å². The van der Waals surface area contributed by atoms with Crippen molar-refractivity contribution in [2.45, 2.75) is 97.5 Å². The lowest BCUT2D eigenvalue weighted by Crippen LogP contribution is -2.45. The molecule has 0 aromatic heterocycles. The molecule has 1 amide bonds. The topological polar surface area (TPSA) is 32.8 Å². The SMILES string of the molecule is CCC(=O)N1CCC2(CCC(CN(C)OC3CCC(C(C)C)CC3)CC2)CC1. The molecular weight excluding hydrogens is 348 g/mol. The van der Waals surface area contributed by atoms with E-state index in [1.165, 1.54) is 64.2 Å². The molecule has 2 saturated carbocycles. The van der Waals surface area contributed by atoms with Gasteiger partial charge in [0.05, 0.1) is 6.10 Å². The molecule has 4 nitrogen and oxygen atoms in total. The minimum absolute atomic E-state index is 0.338. The smallest absolute Gasteiger partial charge is 0.222 e. The molecule has 3 aliphatic rings. The summed E-state index contributed by atoms with van der Waals surface area (Å²) in [5.41, 5.74) is 0.523. The third-order valence-corrected chi connectivity index (χ3v) is 8.15. The fraction of sp³-hybridized carbons (Fsp3) is 0.958. The first-order valence-electron chi connectivity index (χ1n) is 12.1. The predicted molar refractivity (Wildman–Crippen MR) is 115 cm³/mol. The molecule has 1 spiro atoms. The first-order chi connectivity index (χ1) is 13.4. The van der Waals surface area contributed by atoms with Crippen LogP contribution >= 0.6 is 0 Å². The number of amides is 1. The number of piperidine rings is 1. The average molecular weight is 393 g/mol. The van der Waals surface area contributed by atoms with E-state index in [0.717, 1.165) is 37.4 Å².